The summed E-state index contributed by atoms with van der Waals surface area (Å²) in [6, 6.07) is 6.42. The van der Waals surface area contributed by atoms with Gasteiger partial charge in [-0.2, -0.15) is 0 Å². The van der Waals surface area contributed by atoms with Crippen LogP contribution in [0.1, 0.15) is 13.3 Å². The van der Waals surface area contributed by atoms with E-state index in [1.807, 2.05) is 18.3 Å². The maximum absolute atomic E-state index is 4.33. The van der Waals surface area contributed by atoms with Gasteiger partial charge in [-0.15, -0.1) is 0 Å². The fraction of sp³-hybridized carbons (Fsp3) is 0.417. The number of rotatable bonds is 1. The molecule has 2 atom stereocenters. The number of anilines is 1. The van der Waals surface area contributed by atoms with E-state index in [9.17, 15) is 0 Å². The fourth-order valence-electron chi connectivity index (χ4n) is 1.96. The Morgan fingerprint density at radius 1 is 1.47 bits per heavy atom. The molecule has 81 valence electrons. The quantitative estimate of drug-likeness (QED) is 0.734. The zero-order valence-corrected chi connectivity index (χ0v) is 12.4. The molecule has 2 nitrogen and oxygen atoms in total. The van der Waals surface area contributed by atoms with Crippen molar-refractivity contribution in [1.82, 2.24) is 4.98 Å². The summed E-state index contributed by atoms with van der Waals surface area (Å²) in [5.74, 6) is 1.80. The molecular weight excluding hydrogens is 261 g/mol. The molecule has 0 bridgehead atoms. The zero-order valence-electron chi connectivity index (χ0n) is 9.56. The van der Waals surface area contributed by atoms with Crippen LogP contribution in [0.25, 0.3) is 0 Å². The van der Waals surface area contributed by atoms with Gasteiger partial charge in [0.05, 0.1) is 0 Å². The molecule has 1 saturated heterocycles. The molecule has 1 aliphatic heterocycles. The van der Waals surface area contributed by atoms with E-state index in [0.717, 1.165) is 18.3 Å². The van der Waals surface area contributed by atoms with Gasteiger partial charge in [-0.05, 0) is 18.1 Å². The number of pyridine rings is 1. The first kappa shape index (κ1) is 15.1. The molecule has 0 saturated carbocycles. The number of hydrogen-bond acceptors (Lipinski definition) is 2. The SMILES string of the molecule is [CH2-]C1CC(C)CN1c1ccccn1.[CH3-].[Y]. The zero-order chi connectivity index (χ0) is 9.26. The Labute approximate surface area is 118 Å². The third-order valence-electron chi connectivity index (χ3n) is 2.57. The molecule has 0 aliphatic carbocycles. The van der Waals surface area contributed by atoms with Gasteiger partial charge in [0.25, 0.3) is 0 Å². The molecule has 1 fully saturated rings. The number of aromatic nitrogens is 1. The van der Waals surface area contributed by atoms with Crippen LogP contribution in [0.2, 0.25) is 0 Å². The van der Waals surface area contributed by atoms with Crippen molar-refractivity contribution in [1.29, 1.82) is 0 Å². The van der Waals surface area contributed by atoms with Gasteiger partial charge in [0.1, 0.15) is 5.82 Å². The average Bonchev–Trinajstić information content (AvgIpc) is 2.47. The van der Waals surface area contributed by atoms with Crippen molar-refractivity contribution in [3.05, 3.63) is 38.7 Å². The molecule has 0 N–H and O–H groups in total. The summed E-state index contributed by atoms with van der Waals surface area (Å²) in [6.45, 7) is 7.49. The minimum atomic E-state index is 0. The monoisotopic (exact) mass is 279 g/mol. The van der Waals surface area contributed by atoms with E-state index in [1.54, 1.807) is 0 Å². The average molecular weight is 279 g/mol. The van der Waals surface area contributed by atoms with E-state index in [0.29, 0.717) is 6.04 Å². The molecule has 15 heavy (non-hydrogen) atoms. The Morgan fingerprint density at radius 2 is 2.20 bits per heavy atom. The van der Waals surface area contributed by atoms with Crippen molar-refractivity contribution in [2.24, 2.45) is 5.92 Å². The van der Waals surface area contributed by atoms with Gasteiger partial charge >= 0.3 is 0 Å². The Morgan fingerprint density at radius 3 is 2.67 bits per heavy atom. The van der Waals surface area contributed by atoms with Gasteiger partial charge < -0.3 is 19.3 Å². The van der Waals surface area contributed by atoms with E-state index >= 15 is 0 Å². The maximum atomic E-state index is 4.33. The van der Waals surface area contributed by atoms with Crippen molar-refractivity contribution in [2.75, 3.05) is 11.4 Å². The van der Waals surface area contributed by atoms with Crippen LogP contribution in [0.5, 0.6) is 0 Å². The van der Waals surface area contributed by atoms with Crippen LogP contribution in [0, 0.1) is 20.3 Å². The van der Waals surface area contributed by atoms with Crippen LogP contribution >= 0.6 is 0 Å². The van der Waals surface area contributed by atoms with E-state index in [2.05, 4.69) is 29.8 Å². The largest absolute Gasteiger partial charge is 0.383 e. The summed E-state index contributed by atoms with van der Waals surface area (Å²) >= 11 is 0. The number of nitrogens with zero attached hydrogens (tertiary/aromatic N) is 2. The van der Waals surface area contributed by atoms with E-state index in [4.69, 9.17) is 0 Å². The molecule has 2 heterocycles. The van der Waals surface area contributed by atoms with Crippen LogP contribution in [0.3, 0.4) is 0 Å². The second kappa shape index (κ2) is 6.60. The van der Waals surface area contributed by atoms with Gasteiger partial charge in [-0.25, -0.2) is 4.98 Å². The van der Waals surface area contributed by atoms with Crippen LogP contribution in [-0.2, 0) is 32.7 Å². The van der Waals surface area contributed by atoms with Gasteiger partial charge in [-0.3, -0.25) is 0 Å². The molecule has 0 aromatic carbocycles. The predicted octanol–water partition coefficient (Wildman–Crippen LogP) is 2.58. The van der Waals surface area contributed by atoms with Crippen LogP contribution < -0.4 is 4.90 Å². The summed E-state index contributed by atoms with van der Waals surface area (Å²) < 4.78 is 0. The standard InChI is InChI=1S/C11H15N2.CH3.Y/c1-9-7-10(2)13(8-9)11-5-3-4-6-12-11;;/h3-6,9-10H,2,7-8H2,1H3;1H3;/q2*-1;. The number of hydrogen-bond donors (Lipinski definition) is 0. The minimum absolute atomic E-state index is 0. The van der Waals surface area contributed by atoms with E-state index < -0.39 is 0 Å². The molecule has 1 aromatic rings. The van der Waals surface area contributed by atoms with Gasteiger partial charge in [0, 0.05) is 45.5 Å². The smallest absolute Gasteiger partial charge is 0.126 e. The van der Waals surface area contributed by atoms with Crippen molar-refractivity contribution in [3.8, 4) is 0 Å². The normalized spacial score (nSPS) is 24.3. The van der Waals surface area contributed by atoms with Gasteiger partial charge in [0.2, 0.25) is 0 Å². The first-order valence-electron chi connectivity index (χ1n) is 4.78. The molecule has 2 rings (SSSR count). The molecule has 1 radical (unpaired) electrons. The molecule has 3 heteroatoms. The third-order valence-corrected chi connectivity index (χ3v) is 2.57. The fourth-order valence-corrected chi connectivity index (χ4v) is 1.96. The van der Waals surface area contributed by atoms with Gasteiger partial charge in [-0.1, -0.05) is 25.5 Å². The molecule has 0 amide bonds. The minimum Gasteiger partial charge on any atom is -0.383 e. The second-order valence-electron chi connectivity index (χ2n) is 3.83. The Bertz CT molecular complexity index is 276. The summed E-state index contributed by atoms with van der Waals surface area (Å²) in [4.78, 5) is 6.61. The van der Waals surface area contributed by atoms with E-state index in [1.165, 1.54) is 6.42 Å². The third kappa shape index (κ3) is 3.53. The van der Waals surface area contributed by atoms with Crippen LogP contribution in [0.4, 0.5) is 5.82 Å². The molecule has 1 aromatic heterocycles. The first-order valence-corrected chi connectivity index (χ1v) is 4.78. The molecule has 0 spiro atoms. The van der Waals surface area contributed by atoms with Crippen molar-refractivity contribution >= 4 is 5.82 Å². The first-order chi connectivity index (χ1) is 6.27. The summed E-state index contributed by atoms with van der Waals surface area (Å²) in [6.07, 6.45) is 3.02. The molecular formula is C12H18N2Y-2. The Balaban J connectivity index is 0.000000980. The Hall–Kier alpha value is 0.0539. The summed E-state index contributed by atoms with van der Waals surface area (Å²) in [7, 11) is 0. The van der Waals surface area contributed by atoms with Gasteiger partial charge in [0.15, 0.2) is 0 Å². The van der Waals surface area contributed by atoms with Crippen LogP contribution in [0.15, 0.2) is 24.4 Å². The van der Waals surface area contributed by atoms with Crippen molar-refractivity contribution in [2.45, 2.75) is 19.4 Å². The summed E-state index contributed by atoms with van der Waals surface area (Å²) in [5.41, 5.74) is 0. The van der Waals surface area contributed by atoms with Crippen LogP contribution in [-0.4, -0.2) is 17.6 Å². The molecule has 1 aliphatic rings. The van der Waals surface area contributed by atoms with Crippen molar-refractivity contribution < 1.29 is 32.7 Å². The van der Waals surface area contributed by atoms with Crippen molar-refractivity contribution in [3.63, 3.8) is 0 Å². The Kier molecular flexibility index (Phi) is 6.62. The topological polar surface area (TPSA) is 16.1 Å². The maximum Gasteiger partial charge on any atom is 0.126 e. The summed E-state index contributed by atoms with van der Waals surface area (Å²) in [5, 5.41) is 0. The predicted molar refractivity (Wildman–Crippen MR) is 60.9 cm³/mol. The molecule has 2 unspecified atom stereocenters. The second-order valence-corrected chi connectivity index (χ2v) is 3.83. The van der Waals surface area contributed by atoms with E-state index in [-0.39, 0.29) is 40.1 Å².